The van der Waals surface area contributed by atoms with Crippen molar-refractivity contribution in [3.05, 3.63) is 83.6 Å². The van der Waals surface area contributed by atoms with Gasteiger partial charge in [-0.2, -0.15) is 0 Å². The highest BCUT2D eigenvalue weighted by molar-refractivity contribution is 5.85. The molecule has 1 heterocycles. The lowest BCUT2D eigenvalue weighted by molar-refractivity contribution is 0.262. The Balaban J connectivity index is 0.00000261. The van der Waals surface area contributed by atoms with E-state index in [2.05, 4.69) is 5.32 Å². The summed E-state index contributed by atoms with van der Waals surface area (Å²) in [4.78, 5) is 0. The molecule has 4 nitrogen and oxygen atoms in total. The van der Waals surface area contributed by atoms with Crippen LogP contribution in [0.4, 0.5) is 4.39 Å². The summed E-state index contributed by atoms with van der Waals surface area (Å²) in [7, 11) is 0. The first kappa shape index (κ1) is 20.8. The zero-order chi connectivity index (χ0) is 18.2. The second-order valence-electron chi connectivity index (χ2n) is 5.74. The van der Waals surface area contributed by atoms with Crippen LogP contribution in [0.25, 0.3) is 0 Å². The summed E-state index contributed by atoms with van der Waals surface area (Å²) >= 11 is 0. The summed E-state index contributed by atoms with van der Waals surface area (Å²) in [5.41, 5.74) is 1.45. The van der Waals surface area contributed by atoms with Crippen LogP contribution in [0.2, 0.25) is 0 Å². The van der Waals surface area contributed by atoms with Gasteiger partial charge in [0, 0.05) is 17.7 Å². The van der Waals surface area contributed by atoms with Crippen LogP contribution in [-0.2, 0) is 19.7 Å². The van der Waals surface area contributed by atoms with Crippen LogP contribution in [0.3, 0.4) is 0 Å². The van der Waals surface area contributed by atoms with Gasteiger partial charge in [0.2, 0.25) is 0 Å². The Bertz CT molecular complexity index is 824. The monoisotopic (exact) mass is 391 g/mol. The Hall–Kier alpha value is -2.50. The number of nitrogens with one attached hydrogen (secondary N) is 1. The van der Waals surface area contributed by atoms with Gasteiger partial charge >= 0.3 is 0 Å². The molecule has 0 atom stereocenters. The van der Waals surface area contributed by atoms with Crippen LogP contribution in [0.15, 0.2) is 65.3 Å². The first-order valence-electron chi connectivity index (χ1n) is 8.62. The lowest BCUT2D eigenvalue weighted by Crippen LogP contribution is -2.14. The number of halogens is 2. The highest BCUT2D eigenvalue weighted by atomic mass is 35.5. The maximum absolute atomic E-state index is 13.9. The molecule has 1 N–H and O–H groups in total. The molecule has 3 aromatic rings. The van der Waals surface area contributed by atoms with Crippen molar-refractivity contribution in [2.45, 2.75) is 26.6 Å². The fourth-order valence-electron chi connectivity index (χ4n) is 2.63. The Morgan fingerprint density at radius 3 is 2.48 bits per heavy atom. The lowest BCUT2D eigenvalue weighted by Gasteiger charge is -2.16. The number of benzene rings is 2. The third-order valence-corrected chi connectivity index (χ3v) is 3.88. The summed E-state index contributed by atoms with van der Waals surface area (Å²) in [6, 6.07) is 16.1. The molecule has 0 saturated carbocycles. The molecule has 0 saturated heterocycles. The predicted octanol–water partition coefficient (Wildman–Crippen LogP) is 5.11. The summed E-state index contributed by atoms with van der Waals surface area (Å²) in [6.45, 7) is 3.77. The van der Waals surface area contributed by atoms with E-state index in [1.165, 1.54) is 6.07 Å². The Morgan fingerprint density at radius 2 is 1.74 bits per heavy atom. The van der Waals surface area contributed by atoms with Crippen LogP contribution in [-0.4, -0.2) is 6.61 Å². The van der Waals surface area contributed by atoms with Crippen molar-refractivity contribution in [1.29, 1.82) is 0 Å². The van der Waals surface area contributed by atoms with Gasteiger partial charge in [-0.3, -0.25) is 0 Å². The van der Waals surface area contributed by atoms with Gasteiger partial charge in [0.05, 0.1) is 19.4 Å². The molecule has 1 aromatic heterocycles. The second kappa shape index (κ2) is 10.6. The van der Waals surface area contributed by atoms with Gasteiger partial charge in [0.1, 0.15) is 18.2 Å². The minimum atomic E-state index is -0.279. The summed E-state index contributed by atoms with van der Waals surface area (Å²) in [5.74, 6) is 1.87. The van der Waals surface area contributed by atoms with Crippen LogP contribution >= 0.6 is 12.4 Å². The molecule has 144 valence electrons. The van der Waals surface area contributed by atoms with Gasteiger partial charge in [0.25, 0.3) is 0 Å². The normalized spacial score (nSPS) is 10.3. The Morgan fingerprint density at radius 1 is 0.926 bits per heavy atom. The van der Waals surface area contributed by atoms with E-state index in [9.17, 15) is 4.39 Å². The van der Waals surface area contributed by atoms with Crippen molar-refractivity contribution in [1.82, 2.24) is 5.32 Å². The van der Waals surface area contributed by atoms with Gasteiger partial charge in [0.15, 0.2) is 11.5 Å². The lowest BCUT2D eigenvalue weighted by atomic mass is 10.1. The standard InChI is InChI=1S/C21H22FNO3.ClH/c1-2-24-20-11-5-8-16(13-23-14-18-9-6-12-25-18)21(20)26-15-17-7-3-4-10-19(17)22;/h3-12,23H,2,13-15H2,1H3;1H. The molecule has 2 aromatic carbocycles. The van der Waals surface area contributed by atoms with Gasteiger partial charge < -0.3 is 19.2 Å². The molecular formula is C21H23ClFNO3. The molecular weight excluding hydrogens is 369 g/mol. The van der Waals surface area contributed by atoms with Gasteiger partial charge in [-0.15, -0.1) is 12.4 Å². The largest absolute Gasteiger partial charge is 0.490 e. The quantitative estimate of drug-likeness (QED) is 0.550. The number of ether oxygens (including phenoxy) is 2. The average Bonchev–Trinajstić information content (AvgIpc) is 3.16. The van der Waals surface area contributed by atoms with Crippen molar-refractivity contribution in [2.75, 3.05) is 6.61 Å². The van der Waals surface area contributed by atoms with Gasteiger partial charge in [-0.05, 0) is 31.2 Å². The average molecular weight is 392 g/mol. The van der Waals surface area contributed by atoms with Gasteiger partial charge in [-0.1, -0.05) is 30.3 Å². The van der Waals surface area contributed by atoms with Crippen molar-refractivity contribution >= 4 is 12.4 Å². The Kier molecular flexibility index (Phi) is 8.17. The zero-order valence-electron chi connectivity index (χ0n) is 15.1. The van der Waals surface area contributed by atoms with E-state index >= 15 is 0 Å². The fourth-order valence-corrected chi connectivity index (χ4v) is 2.63. The molecule has 6 heteroatoms. The molecule has 0 spiro atoms. The molecule has 27 heavy (non-hydrogen) atoms. The second-order valence-corrected chi connectivity index (χ2v) is 5.74. The molecule has 3 rings (SSSR count). The van der Waals surface area contributed by atoms with Gasteiger partial charge in [-0.25, -0.2) is 4.39 Å². The zero-order valence-corrected chi connectivity index (χ0v) is 15.9. The molecule has 0 aliphatic rings. The van der Waals surface area contributed by atoms with E-state index < -0.39 is 0 Å². The van der Waals surface area contributed by atoms with Crippen LogP contribution in [0, 0.1) is 5.82 Å². The number of hydrogen-bond acceptors (Lipinski definition) is 4. The van der Waals surface area contributed by atoms with E-state index in [4.69, 9.17) is 13.9 Å². The van der Waals surface area contributed by atoms with Crippen molar-refractivity contribution < 1.29 is 18.3 Å². The van der Waals surface area contributed by atoms with E-state index in [0.29, 0.717) is 36.8 Å². The Labute approximate surface area is 164 Å². The van der Waals surface area contributed by atoms with Crippen LogP contribution in [0.5, 0.6) is 11.5 Å². The maximum Gasteiger partial charge on any atom is 0.166 e. The number of hydrogen-bond donors (Lipinski definition) is 1. The third-order valence-electron chi connectivity index (χ3n) is 3.88. The molecule has 0 aliphatic heterocycles. The number of rotatable bonds is 9. The molecule has 0 fully saturated rings. The predicted molar refractivity (Wildman–Crippen MR) is 105 cm³/mol. The third kappa shape index (κ3) is 5.74. The van der Waals surface area contributed by atoms with E-state index in [0.717, 1.165) is 11.3 Å². The molecule has 0 radical (unpaired) electrons. The number of para-hydroxylation sites is 1. The minimum Gasteiger partial charge on any atom is -0.490 e. The first-order valence-corrected chi connectivity index (χ1v) is 8.62. The number of furan rings is 1. The van der Waals surface area contributed by atoms with Crippen molar-refractivity contribution in [3.8, 4) is 11.5 Å². The highest BCUT2D eigenvalue weighted by Crippen LogP contribution is 2.32. The summed E-state index contributed by atoms with van der Waals surface area (Å²) < 4.78 is 30.8. The molecule has 0 unspecified atom stereocenters. The SMILES string of the molecule is CCOc1cccc(CNCc2ccco2)c1OCc1ccccc1F.Cl. The van der Waals surface area contributed by atoms with E-state index in [1.54, 1.807) is 24.5 Å². The highest BCUT2D eigenvalue weighted by Gasteiger charge is 2.12. The van der Waals surface area contributed by atoms with Crippen LogP contribution in [0.1, 0.15) is 23.8 Å². The van der Waals surface area contributed by atoms with Crippen LogP contribution < -0.4 is 14.8 Å². The minimum absolute atomic E-state index is 0. The molecule has 0 amide bonds. The summed E-state index contributed by atoms with van der Waals surface area (Å²) in [6.07, 6.45) is 1.65. The fraction of sp³-hybridized carbons (Fsp3) is 0.238. The van der Waals surface area contributed by atoms with E-state index in [1.807, 2.05) is 37.3 Å². The van der Waals surface area contributed by atoms with Crippen molar-refractivity contribution in [2.24, 2.45) is 0 Å². The first-order chi connectivity index (χ1) is 12.8. The maximum atomic E-state index is 13.9. The van der Waals surface area contributed by atoms with Crippen molar-refractivity contribution in [3.63, 3.8) is 0 Å². The molecule has 0 bridgehead atoms. The summed E-state index contributed by atoms with van der Waals surface area (Å²) in [5, 5.41) is 3.32. The smallest absolute Gasteiger partial charge is 0.166 e. The van der Waals surface area contributed by atoms with E-state index in [-0.39, 0.29) is 24.8 Å². The topological polar surface area (TPSA) is 43.6 Å². The molecule has 0 aliphatic carbocycles.